The van der Waals surface area contributed by atoms with Crippen LogP contribution < -0.4 is 10.1 Å². The van der Waals surface area contributed by atoms with Gasteiger partial charge in [-0.3, -0.25) is 19.8 Å². The van der Waals surface area contributed by atoms with Gasteiger partial charge in [0.2, 0.25) is 0 Å². The molecule has 0 atom stereocenters. The zero-order valence-corrected chi connectivity index (χ0v) is 18.4. The fraction of sp³-hybridized carbons (Fsp3) is 0.0769. The molecule has 7 heteroatoms. The summed E-state index contributed by atoms with van der Waals surface area (Å²) in [6, 6.07) is 20.7. The van der Waals surface area contributed by atoms with Gasteiger partial charge in [0.1, 0.15) is 17.9 Å². The number of nitriles is 1. The van der Waals surface area contributed by atoms with Crippen molar-refractivity contribution >= 4 is 46.0 Å². The molecule has 1 fully saturated rings. The number of hydrogen-bond acceptors (Lipinski definition) is 5. The lowest BCUT2D eigenvalue weighted by Gasteiger charge is -2.28. The van der Waals surface area contributed by atoms with Crippen molar-refractivity contribution in [2.45, 2.75) is 6.61 Å². The van der Waals surface area contributed by atoms with Crippen LogP contribution in [-0.2, 0) is 16.2 Å². The number of benzene rings is 3. The van der Waals surface area contributed by atoms with Crippen molar-refractivity contribution in [1.82, 2.24) is 10.2 Å². The molecule has 3 aromatic carbocycles. The van der Waals surface area contributed by atoms with Crippen LogP contribution in [0.3, 0.4) is 0 Å². The summed E-state index contributed by atoms with van der Waals surface area (Å²) in [5.41, 5.74) is 1.80. The number of nitrogens with zero attached hydrogens (tertiary/aromatic N) is 2. The van der Waals surface area contributed by atoms with E-state index in [1.54, 1.807) is 24.3 Å². The Morgan fingerprint density at radius 3 is 2.64 bits per heavy atom. The Hall–Kier alpha value is -4.28. The molecule has 4 rings (SSSR count). The summed E-state index contributed by atoms with van der Waals surface area (Å²) in [5, 5.41) is 13.7. The Bertz CT molecular complexity index is 1370. The molecule has 1 N–H and O–H groups in total. The summed E-state index contributed by atoms with van der Waals surface area (Å²) in [4.78, 5) is 27.0. The van der Waals surface area contributed by atoms with E-state index >= 15 is 0 Å². The van der Waals surface area contributed by atoms with E-state index in [0.717, 1.165) is 16.3 Å². The largest absolute Gasteiger partial charge is 0.488 e. The Morgan fingerprint density at radius 1 is 1.09 bits per heavy atom. The quantitative estimate of drug-likeness (QED) is 0.263. The second-order valence-electron chi connectivity index (χ2n) is 7.28. The molecule has 1 aliphatic rings. The second kappa shape index (κ2) is 9.47. The maximum atomic E-state index is 13.0. The highest BCUT2D eigenvalue weighted by Crippen LogP contribution is 2.32. The molecule has 0 unspecified atom stereocenters. The van der Waals surface area contributed by atoms with Crippen molar-refractivity contribution < 1.29 is 14.3 Å². The Balaban J connectivity index is 1.79. The number of ether oxygens (including phenoxy) is 1. The first-order chi connectivity index (χ1) is 16.0. The number of rotatable bonds is 6. The third-order valence-electron chi connectivity index (χ3n) is 5.24. The van der Waals surface area contributed by atoms with Gasteiger partial charge in [-0.05, 0) is 41.2 Å². The third-order valence-corrected chi connectivity index (χ3v) is 5.56. The summed E-state index contributed by atoms with van der Waals surface area (Å²) < 4.78 is 6.09. The predicted molar refractivity (Wildman–Crippen MR) is 130 cm³/mol. The lowest BCUT2D eigenvalue weighted by molar-refractivity contribution is -0.128. The molecule has 1 aliphatic heterocycles. The first-order valence-electron chi connectivity index (χ1n) is 10.2. The van der Waals surface area contributed by atoms with Crippen molar-refractivity contribution in [2.75, 3.05) is 6.54 Å². The molecule has 0 bridgehead atoms. The summed E-state index contributed by atoms with van der Waals surface area (Å²) >= 11 is 5.13. The van der Waals surface area contributed by atoms with Gasteiger partial charge < -0.3 is 4.74 Å². The number of nitrogens with one attached hydrogen (secondary N) is 1. The molecule has 0 spiro atoms. The third kappa shape index (κ3) is 4.38. The van der Waals surface area contributed by atoms with Crippen LogP contribution in [0.1, 0.15) is 16.7 Å². The molecular weight excluding hydrogens is 434 g/mol. The lowest BCUT2D eigenvalue weighted by Crippen LogP contribution is -2.53. The van der Waals surface area contributed by atoms with Crippen LogP contribution in [0.2, 0.25) is 0 Å². The van der Waals surface area contributed by atoms with Crippen LogP contribution in [0.15, 0.2) is 78.9 Å². The minimum Gasteiger partial charge on any atom is -0.488 e. The van der Waals surface area contributed by atoms with E-state index < -0.39 is 11.8 Å². The second-order valence-corrected chi connectivity index (χ2v) is 7.66. The highest BCUT2D eigenvalue weighted by molar-refractivity contribution is 7.80. The molecule has 0 aromatic heterocycles. The van der Waals surface area contributed by atoms with Gasteiger partial charge in [0.25, 0.3) is 11.8 Å². The van der Waals surface area contributed by atoms with Crippen LogP contribution in [0.25, 0.3) is 16.8 Å². The fourth-order valence-electron chi connectivity index (χ4n) is 3.59. The van der Waals surface area contributed by atoms with Gasteiger partial charge in [-0.25, -0.2) is 0 Å². The Labute approximate surface area is 196 Å². The number of fused-ring (bicyclic) bond motifs is 1. The van der Waals surface area contributed by atoms with E-state index in [-0.39, 0.29) is 23.8 Å². The molecule has 3 aromatic rings. The van der Waals surface area contributed by atoms with Gasteiger partial charge in [-0.15, -0.1) is 6.58 Å². The molecular formula is C26H19N3O3S. The Morgan fingerprint density at radius 2 is 1.85 bits per heavy atom. The van der Waals surface area contributed by atoms with Crippen molar-refractivity contribution in [3.8, 4) is 11.8 Å². The van der Waals surface area contributed by atoms with E-state index in [1.807, 2.05) is 42.5 Å². The first-order valence-corrected chi connectivity index (χ1v) is 10.6. The van der Waals surface area contributed by atoms with Crippen LogP contribution >= 0.6 is 12.2 Å². The minimum absolute atomic E-state index is 0.0459. The summed E-state index contributed by atoms with van der Waals surface area (Å²) in [7, 11) is 0. The summed E-state index contributed by atoms with van der Waals surface area (Å²) in [6.45, 7) is 3.98. The summed E-state index contributed by atoms with van der Waals surface area (Å²) in [5.74, 6) is -0.589. The number of hydrogen-bond donors (Lipinski definition) is 1. The molecule has 1 heterocycles. The van der Waals surface area contributed by atoms with Crippen LogP contribution in [0, 0.1) is 11.3 Å². The van der Waals surface area contributed by atoms with Crippen molar-refractivity contribution in [3.63, 3.8) is 0 Å². The van der Waals surface area contributed by atoms with Gasteiger partial charge in [0.05, 0.1) is 11.6 Å². The normalized spacial score (nSPS) is 14.8. The number of thiocarbonyl (C=S) groups is 1. The molecule has 6 nitrogen and oxygen atoms in total. The molecule has 33 heavy (non-hydrogen) atoms. The highest BCUT2D eigenvalue weighted by atomic mass is 32.1. The van der Waals surface area contributed by atoms with Gasteiger partial charge in [-0.2, -0.15) is 5.26 Å². The van der Waals surface area contributed by atoms with Gasteiger partial charge >= 0.3 is 0 Å². The van der Waals surface area contributed by atoms with Crippen molar-refractivity contribution in [1.29, 1.82) is 5.26 Å². The van der Waals surface area contributed by atoms with Gasteiger partial charge in [0.15, 0.2) is 5.11 Å². The van der Waals surface area contributed by atoms with E-state index in [0.29, 0.717) is 16.9 Å². The smallest absolute Gasteiger partial charge is 0.265 e. The van der Waals surface area contributed by atoms with E-state index in [4.69, 9.17) is 17.0 Å². The molecule has 162 valence electrons. The van der Waals surface area contributed by atoms with Crippen molar-refractivity contribution in [2.24, 2.45) is 0 Å². The molecule has 0 saturated carbocycles. The average Bonchev–Trinajstić information content (AvgIpc) is 2.83. The monoisotopic (exact) mass is 453 g/mol. The van der Waals surface area contributed by atoms with Crippen LogP contribution in [0.4, 0.5) is 0 Å². The SMILES string of the molecule is C=CCN1C(=O)C(=Cc2c(OCc3ccccc3C#N)ccc3ccccc23)C(=O)NC1=S. The van der Waals surface area contributed by atoms with Crippen LogP contribution in [0.5, 0.6) is 5.75 Å². The van der Waals surface area contributed by atoms with E-state index in [9.17, 15) is 14.9 Å². The minimum atomic E-state index is -0.570. The number of carbonyl (C=O) groups excluding carboxylic acids is 2. The highest BCUT2D eigenvalue weighted by Gasteiger charge is 2.33. The summed E-state index contributed by atoms with van der Waals surface area (Å²) in [6.07, 6.45) is 3.07. The zero-order chi connectivity index (χ0) is 23.4. The lowest BCUT2D eigenvalue weighted by atomic mass is 9.99. The molecule has 2 amide bonds. The molecule has 1 saturated heterocycles. The van der Waals surface area contributed by atoms with Gasteiger partial charge in [-0.1, -0.05) is 54.6 Å². The Kier molecular flexibility index (Phi) is 6.29. The average molecular weight is 454 g/mol. The first kappa shape index (κ1) is 21.9. The predicted octanol–water partition coefficient (Wildman–Crippen LogP) is 4.10. The topological polar surface area (TPSA) is 82.4 Å². The van der Waals surface area contributed by atoms with Crippen molar-refractivity contribution in [3.05, 3.63) is 95.6 Å². The van der Waals surface area contributed by atoms with E-state index in [2.05, 4.69) is 18.0 Å². The number of carbonyl (C=O) groups is 2. The van der Waals surface area contributed by atoms with Crippen LogP contribution in [-0.4, -0.2) is 28.4 Å². The fourth-order valence-corrected chi connectivity index (χ4v) is 3.84. The maximum absolute atomic E-state index is 13.0. The molecule has 0 aliphatic carbocycles. The zero-order valence-electron chi connectivity index (χ0n) is 17.6. The van der Waals surface area contributed by atoms with E-state index in [1.165, 1.54) is 11.0 Å². The van der Waals surface area contributed by atoms with Gasteiger partial charge in [0, 0.05) is 17.7 Å². The standard InChI is InChI=1S/C26H19N3O3S/c1-2-13-29-25(31)22(24(30)28-26(29)33)14-21-20-10-6-5-7-17(20)11-12-23(21)32-16-19-9-4-3-8-18(19)15-27/h2-12,14H,1,13,16H2,(H,28,30,33). The maximum Gasteiger partial charge on any atom is 0.265 e. The number of amides is 2. The molecule has 0 radical (unpaired) electrons.